The first-order chi connectivity index (χ1) is 15.3. The molecule has 1 unspecified atom stereocenters. The lowest BCUT2D eigenvalue weighted by molar-refractivity contribution is -0.127. The number of thioether (sulfide) groups is 1. The number of rotatable bonds is 9. The summed E-state index contributed by atoms with van der Waals surface area (Å²) in [6.07, 6.45) is 1.74. The zero-order chi connectivity index (χ0) is 23.3. The molecule has 1 aliphatic heterocycles. The molecule has 0 aromatic heterocycles. The van der Waals surface area contributed by atoms with Crippen LogP contribution in [0.15, 0.2) is 42.5 Å². The van der Waals surface area contributed by atoms with Crippen molar-refractivity contribution in [2.75, 3.05) is 11.9 Å². The molecule has 1 atom stereocenters. The Morgan fingerprint density at radius 3 is 2.44 bits per heavy atom. The van der Waals surface area contributed by atoms with E-state index in [-0.39, 0.29) is 47.7 Å². The van der Waals surface area contributed by atoms with Gasteiger partial charge in [0.1, 0.15) is 11.3 Å². The molecule has 1 heterocycles. The Morgan fingerprint density at radius 2 is 1.78 bits per heavy atom. The third-order valence-electron chi connectivity index (χ3n) is 5.15. The molecule has 1 fully saturated rings. The number of phenols is 1. The van der Waals surface area contributed by atoms with Crippen LogP contribution in [0.1, 0.15) is 41.3 Å². The first-order valence-electron chi connectivity index (χ1n) is 10.2. The van der Waals surface area contributed by atoms with Gasteiger partial charge in [-0.2, -0.15) is 0 Å². The SMILES string of the molecule is CCc1ccc(CC2SC(=O)N(CCCC(=O)Nc3ccc(O)c(C(=O)O)c3)C2=O)cc1. The number of hydrogen-bond donors (Lipinski definition) is 3. The maximum absolute atomic E-state index is 12.6. The molecule has 2 aromatic carbocycles. The average Bonchev–Trinajstić information content (AvgIpc) is 3.02. The summed E-state index contributed by atoms with van der Waals surface area (Å²) in [6.45, 7) is 2.21. The van der Waals surface area contributed by atoms with Gasteiger partial charge in [0.25, 0.3) is 5.24 Å². The number of benzene rings is 2. The van der Waals surface area contributed by atoms with Crippen molar-refractivity contribution in [1.82, 2.24) is 4.90 Å². The first-order valence-corrected chi connectivity index (χ1v) is 11.1. The number of anilines is 1. The van der Waals surface area contributed by atoms with Crippen molar-refractivity contribution in [3.63, 3.8) is 0 Å². The molecule has 0 bridgehead atoms. The zero-order valence-electron chi connectivity index (χ0n) is 17.5. The quantitative estimate of drug-likeness (QED) is 0.492. The van der Waals surface area contributed by atoms with Crippen LogP contribution < -0.4 is 5.32 Å². The van der Waals surface area contributed by atoms with Crippen molar-refractivity contribution in [1.29, 1.82) is 0 Å². The smallest absolute Gasteiger partial charge is 0.339 e. The van der Waals surface area contributed by atoms with Gasteiger partial charge in [0.05, 0.1) is 5.25 Å². The molecule has 0 aliphatic carbocycles. The van der Waals surface area contributed by atoms with Crippen LogP contribution in [0.5, 0.6) is 5.75 Å². The number of nitrogens with one attached hydrogen (secondary N) is 1. The second kappa shape index (κ2) is 10.3. The number of carboxylic acid groups (broad SMARTS) is 1. The fraction of sp³-hybridized carbons (Fsp3) is 0.304. The molecule has 1 aliphatic rings. The predicted octanol–water partition coefficient (Wildman–Crippen LogP) is 3.68. The van der Waals surface area contributed by atoms with E-state index < -0.39 is 17.0 Å². The number of carbonyl (C=O) groups is 4. The minimum Gasteiger partial charge on any atom is -0.507 e. The molecule has 0 spiro atoms. The van der Waals surface area contributed by atoms with Crippen molar-refractivity contribution in [3.8, 4) is 5.75 Å². The maximum Gasteiger partial charge on any atom is 0.339 e. The summed E-state index contributed by atoms with van der Waals surface area (Å²) < 4.78 is 0. The van der Waals surface area contributed by atoms with E-state index in [2.05, 4.69) is 12.2 Å². The Kier molecular flexibility index (Phi) is 7.53. The van der Waals surface area contributed by atoms with Crippen LogP contribution in [0.3, 0.4) is 0 Å². The molecule has 8 nitrogen and oxygen atoms in total. The Balaban J connectivity index is 1.49. The van der Waals surface area contributed by atoms with Crippen LogP contribution in [0.2, 0.25) is 0 Å². The average molecular weight is 457 g/mol. The summed E-state index contributed by atoms with van der Waals surface area (Å²) in [4.78, 5) is 49.3. The Morgan fingerprint density at radius 1 is 1.09 bits per heavy atom. The van der Waals surface area contributed by atoms with Crippen molar-refractivity contribution in [2.45, 2.75) is 37.9 Å². The fourth-order valence-corrected chi connectivity index (χ4v) is 4.42. The highest BCUT2D eigenvalue weighted by Gasteiger charge is 2.39. The van der Waals surface area contributed by atoms with E-state index in [4.69, 9.17) is 5.11 Å². The number of aromatic carboxylic acids is 1. The van der Waals surface area contributed by atoms with Gasteiger partial charge in [0.15, 0.2) is 0 Å². The number of aryl methyl sites for hydroxylation is 1. The number of imide groups is 1. The normalized spacial score (nSPS) is 15.8. The van der Waals surface area contributed by atoms with Crippen LogP contribution in [0.4, 0.5) is 10.5 Å². The topological polar surface area (TPSA) is 124 Å². The third-order valence-corrected chi connectivity index (χ3v) is 6.23. The highest BCUT2D eigenvalue weighted by Crippen LogP contribution is 2.30. The lowest BCUT2D eigenvalue weighted by Crippen LogP contribution is -2.33. The van der Waals surface area contributed by atoms with Crippen molar-refractivity contribution >= 4 is 40.5 Å². The van der Waals surface area contributed by atoms with Gasteiger partial charge in [0.2, 0.25) is 11.8 Å². The predicted molar refractivity (Wildman–Crippen MR) is 121 cm³/mol. The molecule has 0 saturated carbocycles. The number of nitrogens with zero attached hydrogens (tertiary/aromatic N) is 1. The number of carboxylic acids is 1. The van der Waals surface area contributed by atoms with Gasteiger partial charge < -0.3 is 15.5 Å². The van der Waals surface area contributed by atoms with Gasteiger partial charge in [0, 0.05) is 18.7 Å². The van der Waals surface area contributed by atoms with Gasteiger partial charge in [-0.25, -0.2) is 4.79 Å². The molecular formula is C23H24N2O6S. The molecule has 9 heteroatoms. The molecule has 1 saturated heterocycles. The first kappa shape index (κ1) is 23.3. The monoisotopic (exact) mass is 456 g/mol. The molecular weight excluding hydrogens is 432 g/mol. The molecule has 2 aromatic rings. The van der Waals surface area contributed by atoms with Crippen LogP contribution in [-0.4, -0.2) is 49.9 Å². The van der Waals surface area contributed by atoms with Gasteiger partial charge in [-0.1, -0.05) is 43.0 Å². The summed E-state index contributed by atoms with van der Waals surface area (Å²) in [5.74, 6) is -2.33. The van der Waals surface area contributed by atoms with Crippen molar-refractivity contribution < 1.29 is 29.4 Å². The number of amides is 3. The van der Waals surface area contributed by atoms with E-state index in [9.17, 15) is 24.3 Å². The van der Waals surface area contributed by atoms with E-state index in [1.807, 2.05) is 24.3 Å². The van der Waals surface area contributed by atoms with E-state index in [0.717, 1.165) is 29.8 Å². The van der Waals surface area contributed by atoms with E-state index >= 15 is 0 Å². The highest BCUT2D eigenvalue weighted by atomic mass is 32.2. The minimum atomic E-state index is -1.31. The summed E-state index contributed by atoms with van der Waals surface area (Å²) in [6, 6.07) is 11.7. The Labute approximate surface area is 189 Å². The van der Waals surface area contributed by atoms with Crippen LogP contribution in [0.25, 0.3) is 0 Å². The summed E-state index contributed by atoms with van der Waals surface area (Å²) in [5, 5.41) is 20.3. The molecule has 3 rings (SSSR count). The van der Waals surface area contributed by atoms with Crippen LogP contribution in [0, 0.1) is 0 Å². The lowest BCUT2D eigenvalue weighted by Gasteiger charge is -2.14. The van der Waals surface area contributed by atoms with E-state index in [1.54, 1.807) is 0 Å². The van der Waals surface area contributed by atoms with Crippen LogP contribution >= 0.6 is 11.8 Å². The molecule has 32 heavy (non-hydrogen) atoms. The van der Waals surface area contributed by atoms with Crippen molar-refractivity contribution in [2.24, 2.45) is 0 Å². The maximum atomic E-state index is 12.6. The molecule has 3 amide bonds. The largest absolute Gasteiger partial charge is 0.507 e. The minimum absolute atomic E-state index is 0.0498. The van der Waals surface area contributed by atoms with Gasteiger partial charge in [-0.3, -0.25) is 19.3 Å². The fourth-order valence-electron chi connectivity index (χ4n) is 3.36. The van der Waals surface area contributed by atoms with E-state index in [1.165, 1.54) is 22.6 Å². The summed E-state index contributed by atoms with van der Waals surface area (Å²) >= 11 is 1.01. The van der Waals surface area contributed by atoms with Crippen molar-refractivity contribution in [3.05, 3.63) is 59.2 Å². The number of hydrogen-bond acceptors (Lipinski definition) is 6. The lowest BCUT2D eigenvalue weighted by atomic mass is 10.1. The van der Waals surface area contributed by atoms with Crippen LogP contribution in [-0.2, 0) is 22.4 Å². The Hall–Kier alpha value is -3.33. The third kappa shape index (κ3) is 5.67. The summed E-state index contributed by atoms with van der Waals surface area (Å²) in [5.41, 5.74) is 2.13. The molecule has 3 N–H and O–H groups in total. The van der Waals surface area contributed by atoms with Gasteiger partial charge >= 0.3 is 5.97 Å². The second-order valence-electron chi connectivity index (χ2n) is 7.43. The molecule has 168 valence electrons. The number of carbonyl (C=O) groups excluding carboxylic acids is 3. The zero-order valence-corrected chi connectivity index (χ0v) is 18.4. The van der Waals surface area contributed by atoms with Gasteiger partial charge in [-0.05, 0) is 48.6 Å². The van der Waals surface area contributed by atoms with E-state index in [0.29, 0.717) is 6.42 Å². The highest BCUT2D eigenvalue weighted by molar-refractivity contribution is 8.15. The Bertz CT molecular complexity index is 1040. The number of aromatic hydroxyl groups is 1. The second-order valence-corrected chi connectivity index (χ2v) is 8.58. The summed E-state index contributed by atoms with van der Waals surface area (Å²) in [7, 11) is 0. The van der Waals surface area contributed by atoms with Gasteiger partial charge in [-0.15, -0.1) is 0 Å². The standard InChI is InChI=1S/C23H24N2O6S/c1-2-14-5-7-15(8-6-14)12-19-21(28)25(23(31)32-19)11-3-4-20(27)24-16-9-10-18(26)17(13-16)22(29)30/h5-10,13,19,26H,2-4,11-12H2,1H3,(H,24,27)(H,29,30). The molecule has 0 radical (unpaired) electrons.